The fourth-order valence-corrected chi connectivity index (χ4v) is 1.39. The Bertz CT molecular complexity index is 97.8. The number of likely N-dealkylation sites (tertiary alicyclic amines) is 1. The molecule has 2 N–H and O–H groups in total. The second-order valence-corrected chi connectivity index (χ2v) is 2.90. The highest BCUT2D eigenvalue weighted by Crippen LogP contribution is 2.09. The van der Waals surface area contributed by atoms with Crippen molar-refractivity contribution in [2.75, 3.05) is 19.6 Å². The van der Waals surface area contributed by atoms with E-state index >= 15 is 0 Å². The molecule has 0 spiro atoms. The van der Waals surface area contributed by atoms with Crippen LogP contribution < -0.4 is 0 Å². The lowest BCUT2D eigenvalue weighted by atomic mass is 10.1. The van der Waals surface area contributed by atoms with Crippen LogP contribution in [0.15, 0.2) is 0 Å². The molecule has 0 aromatic carbocycles. The lowest BCUT2D eigenvalue weighted by molar-refractivity contribution is -0.00589. The minimum atomic E-state index is -0.330. The van der Waals surface area contributed by atoms with Crippen molar-refractivity contribution in [2.45, 2.75) is 25.6 Å². The monoisotopic (exact) mass is 145 g/mol. The molecule has 1 saturated heterocycles. The molecule has 0 saturated carbocycles. The van der Waals surface area contributed by atoms with Crippen molar-refractivity contribution in [2.24, 2.45) is 0 Å². The van der Waals surface area contributed by atoms with E-state index in [1.54, 1.807) is 0 Å². The van der Waals surface area contributed by atoms with Gasteiger partial charge in [0, 0.05) is 19.5 Å². The number of aliphatic hydroxyl groups is 2. The predicted octanol–water partition coefficient (Wildman–Crippen LogP) is -0.566. The molecule has 0 amide bonds. The molecule has 1 rings (SSSR count). The topological polar surface area (TPSA) is 43.7 Å². The molecule has 1 fully saturated rings. The highest BCUT2D eigenvalue weighted by atomic mass is 16.3. The van der Waals surface area contributed by atoms with Gasteiger partial charge in [0.05, 0.1) is 12.2 Å². The lowest BCUT2D eigenvalue weighted by Gasteiger charge is -2.32. The normalized spacial score (nSPS) is 36.3. The number of hydrogen-bond acceptors (Lipinski definition) is 3. The third-order valence-electron chi connectivity index (χ3n) is 1.93. The van der Waals surface area contributed by atoms with Crippen molar-refractivity contribution in [1.82, 2.24) is 4.90 Å². The van der Waals surface area contributed by atoms with Crippen LogP contribution in [0.25, 0.3) is 0 Å². The number of rotatable bonds is 1. The van der Waals surface area contributed by atoms with Crippen LogP contribution in [-0.2, 0) is 0 Å². The van der Waals surface area contributed by atoms with E-state index in [0.717, 1.165) is 6.54 Å². The molecule has 1 aliphatic heterocycles. The standard InChI is InChI=1S/C7H15NO2/c1-2-8-4-6(9)3-7(10)5-8/h6-7,9-10H,2-5H2,1H3. The molecule has 10 heavy (non-hydrogen) atoms. The number of likely N-dealkylation sites (N-methyl/N-ethyl adjacent to an activating group) is 1. The molecule has 3 heteroatoms. The van der Waals surface area contributed by atoms with Crippen molar-refractivity contribution in [3.63, 3.8) is 0 Å². The highest BCUT2D eigenvalue weighted by molar-refractivity contribution is 4.76. The summed E-state index contributed by atoms with van der Waals surface area (Å²) < 4.78 is 0. The van der Waals surface area contributed by atoms with Gasteiger partial charge in [-0.3, -0.25) is 4.90 Å². The van der Waals surface area contributed by atoms with Crippen LogP contribution in [0.3, 0.4) is 0 Å². The molecule has 3 nitrogen and oxygen atoms in total. The zero-order valence-electron chi connectivity index (χ0n) is 6.32. The summed E-state index contributed by atoms with van der Waals surface area (Å²) in [6, 6.07) is 0. The second kappa shape index (κ2) is 3.32. The van der Waals surface area contributed by atoms with Crippen LogP contribution >= 0.6 is 0 Å². The Morgan fingerprint density at radius 1 is 1.30 bits per heavy atom. The smallest absolute Gasteiger partial charge is 0.0692 e. The highest BCUT2D eigenvalue weighted by Gasteiger charge is 2.22. The minimum Gasteiger partial charge on any atom is -0.392 e. The number of nitrogens with zero attached hydrogens (tertiary/aromatic N) is 1. The molecule has 60 valence electrons. The van der Waals surface area contributed by atoms with E-state index in [2.05, 4.69) is 4.90 Å². The average Bonchev–Trinajstić information content (AvgIpc) is 1.85. The Morgan fingerprint density at radius 3 is 2.20 bits per heavy atom. The largest absolute Gasteiger partial charge is 0.392 e. The third-order valence-corrected chi connectivity index (χ3v) is 1.93. The summed E-state index contributed by atoms with van der Waals surface area (Å²) in [5.74, 6) is 0. The van der Waals surface area contributed by atoms with E-state index < -0.39 is 0 Å². The molecule has 2 unspecified atom stereocenters. The first-order chi connectivity index (χ1) is 4.72. The van der Waals surface area contributed by atoms with E-state index in [9.17, 15) is 10.2 Å². The second-order valence-electron chi connectivity index (χ2n) is 2.90. The molecule has 0 aromatic heterocycles. The van der Waals surface area contributed by atoms with E-state index in [0.29, 0.717) is 19.5 Å². The molecule has 1 aliphatic rings. The Labute approximate surface area is 61.3 Å². The molecular weight excluding hydrogens is 130 g/mol. The van der Waals surface area contributed by atoms with E-state index in [4.69, 9.17) is 0 Å². The molecule has 0 aliphatic carbocycles. The summed E-state index contributed by atoms with van der Waals surface area (Å²) >= 11 is 0. The van der Waals surface area contributed by atoms with Gasteiger partial charge < -0.3 is 10.2 Å². The molecule has 0 aromatic rings. The van der Waals surface area contributed by atoms with Gasteiger partial charge in [-0.1, -0.05) is 6.92 Å². The van der Waals surface area contributed by atoms with Crippen LogP contribution in [0.2, 0.25) is 0 Å². The van der Waals surface area contributed by atoms with Gasteiger partial charge in [-0.05, 0) is 6.54 Å². The van der Waals surface area contributed by atoms with Crippen LogP contribution in [0.1, 0.15) is 13.3 Å². The van der Waals surface area contributed by atoms with Gasteiger partial charge in [0.2, 0.25) is 0 Å². The number of aliphatic hydroxyl groups excluding tert-OH is 2. The fourth-order valence-electron chi connectivity index (χ4n) is 1.39. The van der Waals surface area contributed by atoms with Gasteiger partial charge in [-0.15, -0.1) is 0 Å². The van der Waals surface area contributed by atoms with Crippen LogP contribution in [-0.4, -0.2) is 47.0 Å². The van der Waals surface area contributed by atoms with Crippen molar-refractivity contribution in [1.29, 1.82) is 0 Å². The van der Waals surface area contributed by atoms with Crippen molar-refractivity contribution in [3.8, 4) is 0 Å². The number of β-amino-alcohol motifs (C(OH)–C–C–N with tert-alkyl or cyclic N) is 2. The van der Waals surface area contributed by atoms with Gasteiger partial charge in [-0.2, -0.15) is 0 Å². The van der Waals surface area contributed by atoms with Crippen LogP contribution in [0.5, 0.6) is 0 Å². The Kier molecular flexibility index (Phi) is 2.65. The summed E-state index contributed by atoms with van der Waals surface area (Å²) in [6.07, 6.45) is -0.122. The van der Waals surface area contributed by atoms with Crippen LogP contribution in [0, 0.1) is 0 Å². The molecule has 1 heterocycles. The minimum absolute atomic E-state index is 0.330. The molecule has 2 atom stereocenters. The first kappa shape index (κ1) is 7.98. The average molecular weight is 145 g/mol. The number of hydrogen-bond donors (Lipinski definition) is 2. The Morgan fingerprint density at radius 2 is 1.80 bits per heavy atom. The third kappa shape index (κ3) is 1.94. The molecule has 0 bridgehead atoms. The van der Waals surface area contributed by atoms with E-state index in [1.165, 1.54) is 0 Å². The van der Waals surface area contributed by atoms with Gasteiger partial charge in [0.25, 0.3) is 0 Å². The predicted molar refractivity (Wildman–Crippen MR) is 38.7 cm³/mol. The van der Waals surface area contributed by atoms with Crippen molar-refractivity contribution < 1.29 is 10.2 Å². The SMILES string of the molecule is CCN1CC(O)CC(O)C1. The summed E-state index contributed by atoms with van der Waals surface area (Å²) in [5, 5.41) is 18.4. The summed E-state index contributed by atoms with van der Waals surface area (Å²) in [4.78, 5) is 2.05. The summed E-state index contributed by atoms with van der Waals surface area (Å²) in [5.41, 5.74) is 0. The van der Waals surface area contributed by atoms with E-state index in [1.807, 2.05) is 6.92 Å². The van der Waals surface area contributed by atoms with Crippen molar-refractivity contribution in [3.05, 3.63) is 0 Å². The van der Waals surface area contributed by atoms with Crippen molar-refractivity contribution >= 4 is 0 Å². The first-order valence-corrected chi connectivity index (χ1v) is 3.81. The maximum absolute atomic E-state index is 9.18. The van der Waals surface area contributed by atoms with Gasteiger partial charge in [-0.25, -0.2) is 0 Å². The quantitative estimate of drug-likeness (QED) is 0.519. The molecule has 0 radical (unpaired) electrons. The maximum Gasteiger partial charge on any atom is 0.0692 e. The summed E-state index contributed by atoms with van der Waals surface area (Å²) in [6.45, 7) is 4.38. The van der Waals surface area contributed by atoms with E-state index in [-0.39, 0.29) is 12.2 Å². The Balaban J connectivity index is 2.35. The van der Waals surface area contributed by atoms with Gasteiger partial charge in [0.1, 0.15) is 0 Å². The van der Waals surface area contributed by atoms with Gasteiger partial charge in [0.15, 0.2) is 0 Å². The zero-order valence-corrected chi connectivity index (χ0v) is 6.32. The summed E-state index contributed by atoms with van der Waals surface area (Å²) in [7, 11) is 0. The molecular formula is C7H15NO2. The Hall–Kier alpha value is -0.120. The zero-order chi connectivity index (χ0) is 7.56. The lowest BCUT2D eigenvalue weighted by Crippen LogP contribution is -2.45. The fraction of sp³-hybridized carbons (Fsp3) is 1.00. The van der Waals surface area contributed by atoms with Gasteiger partial charge >= 0.3 is 0 Å². The maximum atomic E-state index is 9.18. The van der Waals surface area contributed by atoms with Crippen LogP contribution in [0.4, 0.5) is 0 Å². The number of piperidine rings is 1. The first-order valence-electron chi connectivity index (χ1n) is 3.81.